The number of hydrogen-bond acceptors (Lipinski definition) is 5. The summed E-state index contributed by atoms with van der Waals surface area (Å²) in [5.74, 6) is 0.316. The lowest BCUT2D eigenvalue weighted by Crippen LogP contribution is -2.57. The van der Waals surface area contributed by atoms with Gasteiger partial charge in [0.1, 0.15) is 0 Å². The second kappa shape index (κ2) is 8.39. The number of carbonyl (C=O) groups excluding carboxylic acids is 4. The molecular formula is C30H34O5. The third-order valence-corrected chi connectivity index (χ3v) is 9.46. The van der Waals surface area contributed by atoms with Crippen LogP contribution in [0, 0.1) is 17.3 Å². The van der Waals surface area contributed by atoms with Gasteiger partial charge in [0, 0.05) is 30.2 Å². The van der Waals surface area contributed by atoms with E-state index in [9.17, 15) is 19.2 Å². The van der Waals surface area contributed by atoms with Crippen LogP contribution in [-0.2, 0) is 19.1 Å². The Bertz CT molecular complexity index is 1190. The first-order valence-corrected chi connectivity index (χ1v) is 12.9. The van der Waals surface area contributed by atoms with Gasteiger partial charge in [-0.15, -0.1) is 0 Å². The monoisotopic (exact) mass is 474 g/mol. The van der Waals surface area contributed by atoms with Crippen LogP contribution >= 0.6 is 0 Å². The van der Waals surface area contributed by atoms with Crippen LogP contribution in [-0.4, -0.2) is 28.9 Å². The van der Waals surface area contributed by atoms with Crippen LogP contribution in [0.15, 0.2) is 47.1 Å². The average Bonchev–Trinajstić information content (AvgIpc) is 3.10. The van der Waals surface area contributed by atoms with Crippen LogP contribution in [0.25, 0.3) is 0 Å². The summed E-state index contributed by atoms with van der Waals surface area (Å²) in [4.78, 5) is 49.5. The van der Waals surface area contributed by atoms with Crippen molar-refractivity contribution in [3.63, 3.8) is 0 Å². The smallest absolute Gasteiger partial charge is 0.303 e. The molecule has 0 amide bonds. The van der Waals surface area contributed by atoms with Gasteiger partial charge in [0.25, 0.3) is 0 Å². The fraction of sp³-hybridized carbons (Fsp3) is 0.533. The molecule has 0 spiro atoms. The Morgan fingerprint density at radius 1 is 0.971 bits per heavy atom. The lowest BCUT2D eigenvalue weighted by atomic mass is 9.50. The maximum absolute atomic E-state index is 13.2. The highest BCUT2D eigenvalue weighted by atomic mass is 16.6. The Kier molecular flexibility index (Phi) is 5.73. The Morgan fingerprint density at radius 3 is 2.31 bits per heavy atom. The molecule has 5 atom stereocenters. The number of ketones is 3. The molecule has 35 heavy (non-hydrogen) atoms. The van der Waals surface area contributed by atoms with Gasteiger partial charge in [0.05, 0.1) is 0 Å². The van der Waals surface area contributed by atoms with E-state index >= 15 is 0 Å². The van der Waals surface area contributed by atoms with Crippen LogP contribution < -0.4 is 0 Å². The van der Waals surface area contributed by atoms with E-state index in [4.69, 9.17) is 4.74 Å². The molecule has 2 fully saturated rings. The number of rotatable bonds is 4. The van der Waals surface area contributed by atoms with Gasteiger partial charge in [-0.05, 0) is 87.0 Å². The van der Waals surface area contributed by atoms with E-state index in [1.165, 1.54) is 23.6 Å². The van der Waals surface area contributed by atoms with Crippen molar-refractivity contribution in [1.29, 1.82) is 0 Å². The predicted octanol–water partition coefficient (Wildman–Crippen LogP) is 5.68. The maximum Gasteiger partial charge on any atom is 0.303 e. The molecule has 2 saturated carbocycles. The van der Waals surface area contributed by atoms with E-state index in [0.29, 0.717) is 24.8 Å². The first-order chi connectivity index (χ1) is 16.6. The molecule has 0 aromatic heterocycles. The summed E-state index contributed by atoms with van der Waals surface area (Å²) in [6.07, 6.45) is 7.06. The number of Topliss-reactive ketones (excluding diaryl/α,β-unsaturated/α-hetero) is 2. The Labute approximate surface area is 207 Å². The fourth-order valence-corrected chi connectivity index (χ4v) is 7.96. The third kappa shape index (κ3) is 3.57. The van der Waals surface area contributed by atoms with Crippen molar-refractivity contribution in [3.8, 4) is 0 Å². The lowest BCUT2D eigenvalue weighted by molar-refractivity contribution is -0.182. The van der Waals surface area contributed by atoms with Crippen molar-refractivity contribution < 1.29 is 23.9 Å². The van der Waals surface area contributed by atoms with Crippen molar-refractivity contribution in [2.45, 2.75) is 84.2 Å². The number of benzene rings is 1. The summed E-state index contributed by atoms with van der Waals surface area (Å²) in [5, 5.41) is 0. The normalized spacial score (nSPS) is 33.9. The molecule has 5 nitrogen and oxygen atoms in total. The number of ether oxygens (including phenoxy) is 1. The van der Waals surface area contributed by atoms with Crippen LogP contribution in [0.1, 0.15) is 94.5 Å². The summed E-state index contributed by atoms with van der Waals surface area (Å²) in [7, 11) is 0. The number of esters is 1. The second-order valence-electron chi connectivity index (χ2n) is 11.2. The first-order valence-electron chi connectivity index (χ1n) is 12.9. The van der Waals surface area contributed by atoms with Crippen molar-refractivity contribution in [2.24, 2.45) is 17.3 Å². The molecular weight excluding hydrogens is 440 g/mol. The summed E-state index contributed by atoms with van der Waals surface area (Å²) >= 11 is 0. The van der Waals surface area contributed by atoms with Gasteiger partial charge in [-0.25, -0.2) is 0 Å². The van der Waals surface area contributed by atoms with Crippen LogP contribution in [0.2, 0.25) is 0 Å². The van der Waals surface area contributed by atoms with Gasteiger partial charge >= 0.3 is 5.97 Å². The van der Waals surface area contributed by atoms with Gasteiger partial charge in [-0.1, -0.05) is 36.8 Å². The van der Waals surface area contributed by atoms with Gasteiger partial charge in [0.15, 0.2) is 23.0 Å². The molecule has 4 aliphatic carbocycles. The first kappa shape index (κ1) is 23.9. The largest absolute Gasteiger partial charge is 0.451 e. The van der Waals surface area contributed by atoms with E-state index in [2.05, 4.69) is 6.92 Å². The predicted molar refractivity (Wildman–Crippen MR) is 132 cm³/mol. The van der Waals surface area contributed by atoms with Crippen molar-refractivity contribution in [3.05, 3.63) is 58.2 Å². The molecule has 0 unspecified atom stereocenters. The minimum Gasteiger partial charge on any atom is -0.451 e. The fourth-order valence-electron chi connectivity index (χ4n) is 7.96. The average molecular weight is 475 g/mol. The number of allylic oxidation sites excluding steroid dienone is 4. The van der Waals surface area contributed by atoms with Crippen molar-refractivity contribution in [2.75, 3.05) is 0 Å². The minimum atomic E-state index is -1.12. The Morgan fingerprint density at radius 2 is 1.69 bits per heavy atom. The molecule has 1 aromatic rings. The molecule has 0 aliphatic heterocycles. The van der Waals surface area contributed by atoms with E-state index in [1.54, 1.807) is 13.8 Å². The standard InChI is InChI=1S/C30H34O5/c1-17(31)20-5-7-21(8-6-20)26-16-29(4)27(13-14-30(29,18(2)32)35-19(3)33)25-11-9-22-15-23(34)10-12-24(22)28(25)26/h5-8,15,25-27H,9-14,16H2,1-4H3/t25-,26+,27-,29-,30-/m0/s1. The van der Waals surface area contributed by atoms with E-state index < -0.39 is 17.0 Å². The van der Waals surface area contributed by atoms with Gasteiger partial charge in [0.2, 0.25) is 0 Å². The summed E-state index contributed by atoms with van der Waals surface area (Å²) in [6.45, 7) is 6.68. The van der Waals surface area contributed by atoms with E-state index in [0.717, 1.165) is 31.2 Å². The van der Waals surface area contributed by atoms with Gasteiger partial charge in [-0.3, -0.25) is 19.2 Å². The molecule has 5 rings (SSSR count). The molecule has 184 valence electrons. The molecule has 0 bridgehead atoms. The molecule has 0 heterocycles. The second-order valence-corrected chi connectivity index (χ2v) is 11.2. The SMILES string of the molecule is CC(=O)O[C@]1(C(C)=O)CC[C@H]2[C@@H]3CCC4=CC(=O)CCC4=C3[C@@H](c3ccc(C(C)=O)cc3)C[C@@]21C. The van der Waals surface area contributed by atoms with E-state index in [1.807, 2.05) is 30.3 Å². The molecule has 4 aliphatic rings. The molecule has 0 N–H and O–H groups in total. The van der Waals surface area contributed by atoms with E-state index in [-0.39, 0.29) is 35.1 Å². The van der Waals surface area contributed by atoms with Crippen molar-refractivity contribution >= 4 is 23.3 Å². The quantitative estimate of drug-likeness (QED) is 0.414. The van der Waals surface area contributed by atoms with Crippen LogP contribution in [0.3, 0.4) is 0 Å². The third-order valence-electron chi connectivity index (χ3n) is 9.46. The topological polar surface area (TPSA) is 77.5 Å². The molecule has 5 heteroatoms. The zero-order chi connectivity index (χ0) is 25.1. The minimum absolute atomic E-state index is 0.0297. The Balaban J connectivity index is 1.69. The van der Waals surface area contributed by atoms with Gasteiger partial charge in [-0.2, -0.15) is 0 Å². The molecule has 1 aromatic carbocycles. The zero-order valence-corrected chi connectivity index (χ0v) is 21.1. The Hall–Kier alpha value is -2.82. The van der Waals surface area contributed by atoms with Gasteiger partial charge < -0.3 is 4.74 Å². The lowest BCUT2D eigenvalue weighted by Gasteiger charge is -2.55. The summed E-state index contributed by atoms with van der Waals surface area (Å²) in [5.41, 5.74) is 4.11. The highest BCUT2D eigenvalue weighted by molar-refractivity contribution is 5.94. The molecule has 0 saturated heterocycles. The maximum atomic E-state index is 13.2. The summed E-state index contributed by atoms with van der Waals surface area (Å²) < 4.78 is 5.96. The van der Waals surface area contributed by atoms with Crippen molar-refractivity contribution in [1.82, 2.24) is 0 Å². The summed E-state index contributed by atoms with van der Waals surface area (Å²) in [6, 6.07) is 7.85. The number of fused-ring (bicyclic) bond motifs is 4. The number of hydrogen-bond donors (Lipinski definition) is 0. The number of carbonyl (C=O) groups is 4. The highest BCUT2D eigenvalue weighted by Crippen LogP contribution is 2.67. The zero-order valence-electron chi connectivity index (χ0n) is 21.1. The molecule has 0 radical (unpaired) electrons. The van der Waals surface area contributed by atoms with Crippen LogP contribution in [0.5, 0.6) is 0 Å². The highest BCUT2D eigenvalue weighted by Gasteiger charge is 2.67. The van der Waals surface area contributed by atoms with Crippen LogP contribution in [0.4, 0.5) is 0 Å².